The molecule has 0 N–H and O–H groups in total. The number of amides is 1. The summed E-state index contributed by atoms with van der Waals surface area (Å²) in [6.45, 7) is 2.94. The predicted octanol–water partition coefficient (Wildman–Crippen LogP) is 3.22. The second-order valence-electron chi connectivity index (χ2n) is 7.93. The van der Waals surface area contributed by atoms with Gasteiger partial charge in [0.15, 0.2) is 5.82 Å². The molecule has 7 heteroatoms. The molecule has 2 aliphatic heterocycles. The van der Waals surface area contributed by atoms with Crippen molar-refractivity contribution in [1.29, 1.82) is 0 Å². The number of hydrogen-bond acceptors (Lipinski definition) is 6. The van der Waals surface area contributed by atoms with E-state index in [1.165, 1.54) is 0 Å². The summed E-state index contributed by atoms with van der Waals surface area (Å²) in [5, 5.41) is 6.12. The molecule has 5 rings (SSSR count). The van der Waals surface area contributed by atoms with Gasteiger partial charge in [0.05, 0.1) is 0 Å². The van der Waals surface area contributed by atoms with Crippen LogP contribution < -0.4 is 0 Å². The van der Waals surface area contributed by atoms with Crippen LogP contribution in [0.15, 0.2) is 41.1 Å². The van der Waals surface area contributed by atoms with Crippen molar-refractivity contribution in [3.05, 3.63) is 53.9 Å². The van der Waals surface area contributed by atoms with Crippen LogP contribution in [0.4, 0.5) is 0 Å². The Morgan fingerprint density at radius 1 is 1.14 bits per heavy atom. The van der Waals surface area contributed by atoms with Crippen LogP contribution in [0.2, 0.25) is 0 Å². The molecule has 1 aromatic carbocycles. The van der Waals surface area contributed by atoms with Gasteiger partial charge in [-0.25, -0.2) is 0 Å². The van der Waals surface area contributed by atoms with Crippen LogP contribution >= 0.6 is 0 Å². The van der Waals surface area contributed by atoms with E-state index in [1.54, 1.807) is 6.20 Å². The monoisotopic (exact) mass is 392 g/mol. The largest absolute Gasteiger partial charge is 0.381 e. The van der Waals surface area contributed by atoms with Crippen molar-refractivity contribution < 1.29 is 14.1 Å². The summed E-state index contributed by atoms with van der Waals surface area (Å²) in [4.78, 5) is 24.0. The molecule has 2 aliphatic rings. The van der Waals surface area contributed by atoms with E-state index < -0.39 is 0 Å². The number of carbonyl (C=O) groups excluding carboxylic acids is 1. The van der Waals surface area contributed by atoms with Crippen LogP contribution in [0.3, 0.4) is 0 Å². The average Bonchev–Trinajstić information content (AvgIpc) is 3.44. The van der Waals surface area contributed by atoms with Crippen LogP contribution in [0, 0.1) is 5.92 Å². The van der Waals surface area contributed by atoms with Gasteiger partial charge in [0, 0.05) is 50.2 Å². The maximum atomic E-state index is 13.1. The minimum absolute atomic E-state index is 0.000284. The van der Waals surface area contributed by atoms with Gasteiger partial charge in [-0.3, -0.25) is 9.78 Å². The lowest BCUT2D eigenvalue weighted by atomic mass is 10.0. The molecule has 0 aliphatic carbocycles. The van der Waals surface area contributed by atoms with Crippen LogP contribution in [0.25, 0.3) is 10.8 Å². The van der Waals surface area contributed by atoms with E-state index in [0.717, 1.165) is 67.9 Å². The highest BCUT2D eigenvalue weighted by atomic mass is 16.5. The highest BCUT2D eigenvalue weighted by Gasteiger charge is 2.30. The number of ether oxygens (including phenoxy) is 1. The van der Waals surface area contributed by atoms with Gasteiger partial charge in [-0.05, 0) is 36.6 Å². The zero-order valence-electron chi connectivity index (χ0n) is 16.3. The van der Waals surface area contributed by atoms with E-state index in [2.05, 4.69) is 15.1 Å². The summed E-state index contributed by atoms with van der Waals surface area (Å²) >= 11 is 0. The minimum Gasteiger partial charge on any atom is -0.381 e. The van der Waals surface area contributed by atoms with Gasteiger partial charge in [-0.15, -0.1) is 0 Å². The number of nitrogens with zero attached hydrogens (tertiary/aromatic N) is 4. The van der Waals surface area contributed by atoms with E-state index >= 15 is 0 Å². The molecule has 0 bridgehead atoms. The summed E-state index contributed by atoms with van der Waals surface area (Å²) in [5.41, 5.74) is 0.533. The fraction of sp³-hybridized carbons (Fsp3) is 0.455. The molecular weight excluding hydrogens is 368 g/mol. The fourth-order valence-electron chi connectivity index (χ4n) is 4.34. The smallest absolute Gasteiger partial charge is 0.273 e. The number of carbonyl (C=O) groups is 1. The highest BCUT2D eigenvalue weighted by molar-refractivity contribution is 6.05. The number of rotatable bonds is 4. The second kappa shape index (κ2) is 7.91. The number of pyridine rings is 1. The number of benzene rings is 1. The lowest BCUT2D eigenvalue weighted by molar-refractivity contribution is 0.0777. The van der Waals surface area contributed by atoms with Crippen molar-refractivity contribution in [2.24, 2.45) is 5.92 Å². The molecule has 2 fully saturated rings. The molecule has 4 heterocycles. The van der Waals surface area contributed by atoms with Gasteiger partial charge in [0.25, 0.3) is 5.91 Å². The SMILES string of the molecule is O=C(c1nccc2ccccc12)N1CCC(Cc2noc(C3CCOCC3)n2)C1. The molecule has 1 amide bonds. The molecule has 7 nitrogen and oxygen atoms in total. The average molecular weight is 392 g/mol. The summed E-state index contributed by atoms with van der Waals surface area (Å²) in [6, 6.07) is 9.82. The molecule has 1 atom stereocenters. The minimum atomic E-state index is 0.000284. The Balaban J connectivity index is 1.24. The third-order valence-electron chi connectivity index (χ3n) is 5.97. The number of aromatic nitrogens is 3. The normalized spacial score (nSPS) is 20.4. The number of fused-ring (bicyclic) bond motifs is 1. The Morgan fingerprint density at radius 3 is 2.90 bits per heavy atom. The molecular formula is C22H24N4O3. The van der Waals surface area contributed by atoms with Crippen molar-refractivity contribution in [3.8, 4) is 0 Å². The summed E-state index contributed by atoms with van der Waals surface area (Å²) in [5.74, 6) is 2.13. The first-order valence-electron chi connectivity index (χ1n) is 10.3. The Kier molecular flexibility index (Phi) is 4.97. The Bertz CT molecular complexity index is 1010. The van der Waals surface area contributed by atoms with Gasteiger partial charge >= 0.3 is 0 Å². The van der Waals surface area contributed by atoms with Crippen molar-refractivity contribution in [2.45, 2.75) is 31.6 Å². The van der Waals surface area contributed by atoms with E-state index in [1.807, 2.05) is 35.2 Å². The Morgan fingerprint density at radius 2 is 2.00 bits per heavy atom. The molecule has 2 aromatic heterocycles. The lowest BCUT2D eigenvalue weighted by Gasteiger charge is -2.18. The molecule has 3 aromatic rings. The van der Waals surface area contributed by atoms with Crippen molar-refractivity contribution in [1.82, 2.24) is 20.0 Å². The first-order valence-corrected chi connectivity index (χ1v) is 10.3. The third kappa shape index (κ3) is 3.74. The van der Waals surface area contributed by atoms with Crippen LogP contribution in [-0.2, 0) is 11.2 Å². The van der Waals surface area contributed by atoms with Gasteiger partial charge in [-0.2, -0.15) is 4.98 Å². The number of hydrogen-bond donors (Lipinski definition) is 0. The zero-order chi connectivity index (χ0) is 19.6. The molecule has 2 saturated heterocycles. The van der Waals surface area contributed by atoms with E-state index in [-0.39, 0.29) is 5.91 Å². The van der Waals surface area contributed by atoms with Crippen molar-refractivity contribution in [2.75, 3.05) is 26.3 Å². The van der Waals surface area contributed by atoms with Crippen molar-refractivity contribution in [3.63, 3.8) is 0 Å². The maximum absolute atomic E-state index is 13.1. The first kappa shape index (κ1) is 18.2. The summed E-state index contributed by atoms with van der Waals surface area (Å²) < 4.78 is 10.9. The van der Waals surface area contributed by atoms with E-state index in [9.17, 15) is 4.79 Å². The maximum Gasteiger partial charge on any atom is 0.273 e. The zero-order valence-corrected chi connectivity index (χ0v) is 16.3. The summed E-state index contributed by atoms with van der Waals surface area (Å²) in [6.07, 6.45) is 5.26. The Labute approximate surface area is 169 Å². The number of likely N-dealkylation sites (tertiary alicyclic amines) is 1. The standard InChI is InChI=1S/C22H24N4O3/c27-22(20-18-4-2-1-3-16(18)5-9-23-20)26-10-6-15(14-26)13-19-24-21(29-25-19)17-7-11-28-12-8-17/h1-5,9,15,17H,6-8,10-14H2. The van der Waals surface area contributed by atoms with E-state index in [0.29, 0.717) is 24.1 Å². The second-order valence-corrected chi connectivity index (χ2v) is 7.93. The molecule has 29 heavy (non-hydrogen) atoms. The van der Waals surface area contributed by atoms with Gasteiger partial charge in [-0.1, -0.05) is 29.4 Å². The van der Waals surface area contributed by atoms with Gasteiger partial charge < -0.3 is 14.2 Å². The van der Waals surface area contributed by atoms with Crippen LogP contribution in [-0.4, -0.2) is 52.2 Å². The van der Waals surface area contributed by atoms with Crippen LogP contribution in [0.1, 0.15) is 47.4 Å². The first-order chi connectivity index (χ1) is 14.3. The molecule has 0 spiro atoms. The highest BCUT2D eigenvalue weighted by Crippen LogP contribution is 2.27. The van der Waals surface area contributed by atoms with Gasteiger partial charge in [0.2, 0.25) is 5.89 Å². The Hall–Kier alpha value is -2.80. The third-order valence-corrected chi connectivity index (χ3v) is 5.97. The van der Waals surface area contributed by atoms with Crippen LogP contribution in [0.5, 0.6) is 0 Å². The fourth-order valence-corrected chi connectivity index (χ4v) is 4.34. The molecule has 1 unspecified atom stereocenters. The lowest BCUT2D eigenvalue weighted by Crippen LogP contribution is -2.29. The quantitative estimate of drug-likeness (QED) is 0.678. The molecule has 0 saturated carbocycles. The molecule has 0 radical (unpaired) electrons. The topological polar surface area (TPSA) is 81.4 Å². The van der Waals surface area contributed by atoms with Gasteiger partial charge in [0.1, 0.15) is 5.69 Å². The molecule has 150 valence electrons. The van der Waals surface area contributed by atoms with E-state index in [4.69, 9.17) is 9.26 Å². The van der Waals surface area contributed by atoms with Crippen molar-refractivity contribution >= 4 is 16.7 Å². The predicted molar refractivity (Wildman–Crippen MR) is 107 cm³/mol. The summed E-state index contributed by atoms with van der Waals surface area (Å²) in [7, 11) is 0.